The van der Waals surface area contributed by atoms with E-state index in [1.807, 2.05) is 0 Å². The summed E-state index contributed by atoms with van der Waals surface area (Å²) in [6.45, 7) is 0.596. The van der Waals surface area contributed by atoms with E-state index < -0.39 is 0 Å². The van der Waals surface area contributed by atoms with Crippen molar-refractivity contribution < 1.29 is 9.26 Å². The van der Waals surface area contributed by atoms with Gasteiger partial charge in [-0.1, -0.05) is 18.0 Å². The van der Waals surface area contributed by atoms with Gasteiger partial charge < -0.3 is 15.0 Å². The molecule has 0 atom stereocenters. The summed E-state index contributed by atoms with van der Waals surface area (Å²) < 4.78 is 10.1. The lowest BCUT2D eigenvalue weighted by Gasteiger charge is -2.17. The average Bonchev–Trinajstić information content (AvgIpc) is 2.84. The molecule has 15 heavy (non-hydrogen) atoms. The first kappa shape index (κ1) is 10.6. The quantitative estimate of drug-likeness (QED) is 0.803. The molecule has 1 heterocycles. The van der Waals surface area contributed by atoms with Crippen LogP contribution in [-0.4, -0.2) is 23.9 Å². The summed E-state index contributed by atoms with van der Waals surface area (Å²) >= 11 is 0. The maximum Gasteiger partial charge on any atom is 0.229 e. The highest BCUT2D eigenvalue weighted by molar-refractivity contribution is 5.06. The van der Waals surface area contributed by atoms with Gasteiger partial charge in [0.2, 0.25) is 5.89 Å². The fraction of sp³-hybridized carbons (Fsp3) is 0.800. The van der Waals surface area contributed by atoms with Crippen molar-refractivity contribution in [2.45, 2.75) is 37.6 Å². The van der Waals surface area contributed by atoms with Crippen LogP contribution in [0.5, 0.6) is 0 Å². The largest absolute Gasteiger partial charge is 0.384 e. The standard InChI is InChI=1S/C10H17N3O2/c1-14-7-4-8-12-9(13-15-8)10(11)5-2-3-6-10/h2-7,11H2,1H3. The van der Waals surface area contributed by atoms with Gasteiger partial charge in [-0.3, -0.25) is 0 Å². The smallest absolute Gasteiger partial charge is 0.229 e. The van der Waals surface area contributed by atoms with Crippen molar-refractivity contribution in [1.82, 2.24) is 10.1 Å². The molecule has 1 aliphatic carbocycles. The Bertz CT molecular complexity index is 318. The van der Waals surface area contributed by atoms with Crippen LogP contribution in [-0.2, 0) is 16.7 Å². The molecule has 1 aromatic rings. The van der Waals surface area contributed by atoms with Gasteiger partial charge in [-0.15, -0.1) is 0 Å². The first-order valence-electron chi connectivity index (χ1n) is 5.35. The Labute approximate surface area is 89.0 Å². The van der Waals surface area contributed by atoms with Gasteiger partial charge in [0.15, 0.2) is 5.82 Å². The average molecular weight is 211 g/mol. The summed E-state index contributed by atoms with van der Waals surface area (Å²) in [5.41, 5.74) is 5.85. The molecule has 0 unspecified atom stereocenters. The highest BCUT2D eigenvalue weighted by Crippen LogP contribution is 2.34. The molecule has 0 bridgehead atoms. The van der Waals surface area contributed by atoms with Crippen molar-refractivity contribution in [3.05, 3.63) is 11.7 Å². The lowest BCUT2D eigenvalue weighted by molar-refractivity contribution is 0.192. The number of methoxy groups -OCH3 is 1. The Morgan fingerprint density at radius 3 is 2.87 bits per heavy atom. The van der Waals surface area contributed by atoms with Gasteiger partial charge in [0.05, 0.1) is 18.6 Å². The van der Waals surface area contributed by atoms with Gasteiger partial charge in [0.25, 0.3) is 0 Å². The third-order valence-electron chi connectivity index (χ3n) is 2.93. The summed E-state index contributed by atoms with van der Waals surface area (Å²) in [4.78, 5) is 4.32. The lowest BCUT2D eigenvalue weighted by Crippen LogP contribution is -2.34. The Morgan fingerprint density at radius 2 is 2.20 bits per heavy atom. The summed E-state index contributed by atoms with van der Waals surface area (Å²) in [6.07, 6.45) is 4.86. The van der Waals surface area contributed by atoms with Crippen molar-refractivity contribution in [2.75, 3.05) is 13.7 Å². The van der Waals surface area contributed by atoms with E-state index in [2.05, 4.69) is 10.1 Å². The maximum atomic E-state index is 6.21. The molecule has 1 aromatic heterocycles. The van der Waals surface area contributed by atoms with Crippen molar-refractivity contribution >= 4 is 0 Å². The van der Waals surface area contributed by atoms with Gasteiger partial charge in [0, 0.05) is 7.11 Å². The maximum absolute atomic E-state index is 6.21. The molecule has 0 aliphatic heterocycles. The normalized spacial score (nSPS) is 19.6. The number of rotatable bonds is 4. The molecule has 0 radical (unpaired) electrons. The molecule has 1 saturated carbocycles. The summed E-state index contributed by atoms with van der Waals surface area (Å²) in [5.74, 6) is 1.27. The second-order valence-electron chi connectivity index (χ2n) is 4.12. The second kappa shape index (κ2) is 4.28. The summed E-state index contributed by atoms with van der Waals surface area (Å²) in [6, 6.07) is 0. The first-order chi connectivity index (χ1) is 7.24. The van der Waals surface area contributed by atoms with Crippen LogP contribution in [0, 0.1) is 0 Å². The first-order valence-corrected chi connectivity index (χ1v) is 5.35. The fourth-order valence-electron chi connectivity index (χ4n) is 1.98. The monoisotopic (exact) mass is 211 g/mol. The van der Waals surface area contributed by atoms with Crippen molar-refractivity contribution in [3.63, 3.8) is 0 Å². The van der Waals surface area contributed by atoms with E-state index in [0.29, 0.717) is 24.7 Å². The van der Waals surface area contributed by atoms with Crippen LogP contribution in [0.15, 0.2) is 4.52 Å². The second-order valence-corrected chi connectivity index (χ2v) is 4.12. The van der Waals surface area contributed by atoms with Crippen molar-refractivity contribution in [2.24, 2.45) is 5.73 Å². The third-order valence-corrected chi connectivity index (χ3v) is 2.93. The van der Waals surface area contributed by atoms with Gasteiger partial charge in [-0.05, 0) is 12.8 Å². The molecule has 2 N–H and O–H groups in total. The highest BCUT2D eigenvalue weighted by atomic mass is 16.5. The predicted octanol–water partition coefficient (Wildman–Crippen LogP) is 0.986. The summed E-state index contributed by atoms with van der Waals surface area (Å²) in [5, 5.41) is 3.96. The molecule has 0 spiro atoms. The molecule has 0 aromatic carbocycles. The zero-order valence-electron chi connectivity index (χ0n) is 9.03. The fourth-order valence-corrected chi connectivity index (χ4v) is 1.98. The van der Waals surface area contributed by atoms with Crippen LogP contribution >= 0.6 is 0 Å². The molecular formula is C10H17N3O2. The zero-order valence-corrected chi connectivity index (χ0v) is 9.03. The highest BCUT2D eigenvalue weighted by Gasteiger charge is 2.35. The van der Waals surface area contributed by atoms with E-state index in [1.54, 1.807) is 7.11 Å². The number of ether oxygens (including phenoxy) is 1. The molecule has 5 heteroatoms. The van der Waals surface area contributed by atoms with E-state index in [1.165, 1.54) is 0 Å². The molecule has 0 saturated heterocycles. The van der Waals surface area contributed by atoms with E-state index >= 15 is 0 Å². The van der Waals surface area contributed by atoms with E-state index in [9.17, 15) is 0 Å². The minimum atomic E-state index is -0.352. The molecule has 1 aliphatic rings. The SMILES string of the molecule is COCCc1nc(C2(N)CCCC2)no1. The minimum Gasteiger partial charge on any atom is -0.384 e. The Morgan fingerprint density at radius 1 is 1.47 bits per heavy atom. The third kappa shape index (κ3) is 2.18. The van der Waals surface area contributed by atoms with Crippen LogP contribution in [0.1, 0.15) is 37.4 Å². The number of nitrogens with two attached hydrogens (primary N) is 1. The minimum absolute atomic E-state index is 0.352. The Balaban J connectivity index is 2.05. The molecular weight excluding hydrogens is 194 g/mol. The van der Waals surface area contributed by atoms with Gasteiger partial charge in [-0.2, -0.15) is 4.98 Å². The Hall–Kier alpha value is -0.940. The molecule has 0 amide bonds. The predicted molar refractivity (Wildman–Crippen MR) is 54.2 cm³/mol. The van der Waals surface area contributed by atoms with Crippen molar-refractivity contribution in [3.8, 4) is 0 Å². The zero-order chi connectivity index (χ0) is 10.7. The molecule has 2 rings (SSSR count). The van der Waals surface area contributed by atoms with Crippen molar-refractivity contribution in [1.29, 1.82) is 0 Å². The van der Waals surface area contributed by atoms with E-state index in [0.717, 1.165) is 25.7 Å². The van der Waals surface area contributed by atoms with Crippen LogP contribution < -0.4 is 5.73 Å². The van der Waals surface area contributed by atoms with Gasteiger partial charge in [0.1, 0.15) is 0 Å². The van der Waals surface area contributed by atoms with Crippen LogP contribution in [0.25, 0.3) is 0 Å². The van der Waals surface area contributed by atoms with E-state index in [-0.39, 0.29) is 5.54 Å². The molecule has 84 valence electrons. The van der Waals surface area contributed by atoms with Gasteiger partial charge in [-0.25, -0.2) is 0 Å². The van der Waals surface area contributed by atoms with Crippen LogP contribution in [0.4, 0.5) is 0 Å². The molecule has 1 fully saturated rings. The number of aromatic nitrogens is 2. The summed E-state index contributed by atoms with van der Waals surface area (Å²) in [7, 11) is 1.65. The number of hydrogen-bond acceptors (Lipinski definition) is 5. The number of nitrogens with zero attached hydrogens (tertiary/aromatic N) is 2. The van der Waals surface area contributed by atoms with Gasteiger partial charge >= 0.3 is 0 Å². The lowest BCUT2D eigenvalue weighted by atomic mass is 9.99. The number of hydrogen-bond donors (Lipinski definition) is 1. The van der Waals surface area contributed by atoms with E-state index in [4.69, 9.17) is 15.0 Å². The van der Waals surface area contributed by atoms with Crippen LogP contribution in [0.3, 0.4) is 0 Å². The Kier molecular flexibility index (Phi) is 3.02. The topological polar surface area (TPSA) is 74.2 Å². The van der Waals surface area contributed by atoms with Crippen LogP contribution in [0.2, 0.25) is 0 Å². The molecule has 5 nitrogen and oxygen atoms in total.